The normalized spacial score (nSPS) is 26.3. The van der Waals surface area contributed by atoms with E-state index in [0.29, 0.717) is 18.5 Å². The Hall–Kier alpha value is -0.570. The van der Waals surface area contributed by atoms with Crippen LogP contribution in [0, 0.1) is 5.92 Å². The van der Waals surface area contributed by atoms with E-state index in [0.717, 1.165) is 38.1 Å². The van der Waals surface area contributed by atoms with E-state index in [4.69, 9.17) is 5.73 Å². The van der Waals surface area contributed by atoms with Crippen molar-refractivity contribution in [3.8, 4) is 0 Å². The molecule has 104 valence electrons. The standard InChI is InChI=1S/C15H28N2O/c16-12-14-8-4-5-11-17(14)15(18)10-9-13-6-2-1-3-7-13/h13-14H,1-12,16H2. The first-order valence-electron chi connectivity index (χ1n) is 7.81. The highest BCUT2D eigenvalue weighted by molar-refractivity contribution is 5.76. The molecule has 1 aliphatic carbocycles. The first-order valence-corrected chi connectivity index (χ1v) is 7.81. The zero-order valence-electron chi connectivity index (χ0n) is 11.6. The lowest BCUT2D eigenvalue weighted by Gasteiger charge is -2.35. The molecule has 0 spiro atoms. The third kappa shape index (κ3) is 3.71. The Morgan fingerprint density at radius 1 is 1.06 bits per heavy atom. The molecule has 18 heavy (non-hydrogen) atoms. The van der Waals surface area contributed by atoms with Gasteiger partial charge in [0.1, 0.15) is 0 Å². The van der Waals surface area contributed by atoms with Crippen LogP contribution in [0.3, 0.4) is 0 Å². The number of hydrogen-bond acceptors (Lipinski definition) is 2. The quantitative estimate of drug-likeness (QED) is 0.836. The molecular formula is C15H28N2O. The van der Waals surface area contributed by atoms with E-state index < -0.39 is 0 Å². The van der Waals surface area contributed by atoms with Gasteiger partial charge in [-0.25, -0.2) is 0 Å². The molecule has 2 rings (SSSR count). The fraction of sp³-hybridized carbons (Fsp3) is 0.933. The molecule has 0 aromatic heterocycles. The Kier molecular flexibility index (Phi) is 5.48. The van der Waals surface area contributed by atoms with Crippen LogP contribution in [0.1, 0.15) is 64.2 Å². The minimum Gasteiger partial charge on any atom is -0.338 e. The lowest BCUT2D eigenvalue weighted by Crippen LogP contribution is -2.47. The van der Waals surface area contributed by atoms with Crippen molar-refractivity contribution in [3.05, 3.63) is 0 Å². The van der Waals surface area contributed by atoms with Gasteiger partial charge in [0.2, 0.25) is 5.91 Å². The number of carbonyl (C=O) groups is 1. The molecule has 0 radical (unpaired) electrons. The number of piperidine rings is 1. The van der Waals surface area contributed by atoms with E-state index in [2.05, 4.69) is 4.90 Å². The zero-order valence-corrected chi connectivity index (χ0v) is 11.6. The Bertz CT molecular complexity index is 261. The van der Waals surface area contributed by atoms with Crippen molar-refractivity contribution in [3.63, 3.8) is 0 Å². The molecule has 1 atom stereocenters. The largest absolute Gasteiger partial charge is 0.338 e. The van der Waals surface area contributed by atoms with Gasteiger partial charge < -0.3 is 10.6 Å². The Morgan fingerprint density at radius 3 is 2.50 bits per heavy atom. The second kappa shape index (κ2) is 7.13. The molecule has 1 unspecified atom stereocenters. The molecule has 2 fully saturated rings. The average Bonchev–Trinajstić information content (AvgIpc) is 2.45. The van der Waals surface area contributed by atoms with Gasteiger partial charge in [-0.05, 0) is 31.6 Å². The minimum atomic E-state index is 0.317. The van der Waals surface area contributed by atoms with Crippen LogP contribution in [-0.4, -0.2) is 29.9 Å². The molecule has 0 aromatic carbocycles. The Morgan fingerprint density at radius 2 is 1.78 bits per heavy atom. The molecule has 1 heterocycles. The maximum Gasteiger partial charge on any atom is 0.222 e. The summed E-state index contributed by atoms with van der Waals surface area (Å²) in [6.45, 7) is 1.57. The highest BCUT2D eigenvalue weighted by Gasteiger charge is 2.25. The fourth-order valence-electron chi connectivity index (χ4n) is 3.52. The summed E-state index contributed by atoms with van der Waals surface area (Å²) >= 11 is 0. The topological polar surface area (TPSA) is 46.3 Å². The third-order valence-corrected chi connectivity index (χ3v) is 4.71. The van der Waals surface area contributed by atoms with Gasteiger partial charge in [-0.15, -0.1) is 0 Å². The molecule has 0 aromatic rings. The van der Waals surface area contributed by atoms with Crippen LogP contribution in [0.25, 0.3) is 0 Å². The highest BCUT2D eigenvalue weighted by atomic mass is 16.2. The summed E-state index contributed by atoms with van der Waals surface area (Å²) in [6.07, 6.45) is 12.2. The summed E-state index contributed by atoms with van der Waals surface area (Å²) < 4.78 is 0. The third-order valence-electron chi connectivity index (χ3n) is 4.71. The van der Waals surface area contributed by atoms with Crippen molar-refractivity contribution < 1.29 is 4.79 Å². The van der Waals surface area contributed by atoms with Crippen molar-refractivity contribution in [1.29, 1.82) is 0 Å². The van der Waals surface area contributed by atoms with Crippen LogP contribution in [-0.2, 0) is 4.79 Å². The minimum absolute atomic E-state index is 0.317. The maximum atomic E-state index is 12.3. The molecule has 2 N–H and O–H groups in total. The number of hydrogen-bond donors (Lipinski definition) is 1. The number of amides is 1. The van der Waals surface area contributed by atoms with Crippen LogP contribution in [0.2, 0.25) is 0 Å². The predicted molar refractivity (Wildman–Crippen MR) is 74.2 cm³/mol. The van der Waals surface area contributed by atoms with Gasteiger partial charge in [0, 0.05) is 25.6 Å². The zero-order chi connectivity index (χ0) is 12.8. The molecule has 0 bridgehead atoms. The number of nitrogens with two attached hydrogens (primary N) is 1. The van der Waals surface area contributed by atoms with Crippen LogP contribution in [0.4, 0.5) is 0 Å². The molecule has 1 saturated heterocycles. The summed E-state index contributed by atoms with van der Waals surface area (Å²) in [7, 11) is 0. The van der Waals surface area contributed by atoms with E-state index in [1.54, 1.807) is 0 Å². The first-order chi connectivity index (χ1) is 8.81. The van der Waals surface area contributed by atoms with E-state index in [9.17, 15) is 4.79 Å². The Balaban J connectivity index is 1.75. The molecule has 1 saturated carbocycles. The number of nitrogens with zero attached hydrogens (tertiary/aromatic N) is 1. The van der Waals surface area contributed by atoms with Crippen molar-refractivity contribution >= 4 is 5.91 Å². The van der Waals surface area contributed by atoms with Gasteiger partial charge in [0.15, 0.2) is 0 Å². The first kappa shape index (κ1) is 13.9. The SMILES string of the molecule is NCC1CCCCN1C(=O)CCC1CCCCC1. The van der Waals surface area contributed by atoms with Crippen molar-refractivity contribution in [2.45, 2.75) is 70.3 Å². The molecule has 1 aliphatic heterocycles. The van der Waals surface area contributed by atoms with Gasteiger partial charge in [0.05, 0.1) is 0 Å². The summed E-state index contributed by atoms with van der Waals surface area (Å²) in [4.78, 5) is 14.3. The van der Waals surface area contributed by atoms with Gasteiger partial charge in [-0.2, -0.15) is 0 Å². The maximum absolute atomic E-state index is 12.3. The second-order valence-corrected chi connectivity index (χ2v) is 6.02. The van der Waals surface area contributed by atoms with Gasteiger partial charge in [-0.3, -0.25) is 4.79 Å². The second-order valence-electron chi connectivity index (χ2n) is 6.02. The lowest BCUT2D eigenvalue weighted by atomic mass is 9.86. The molecule has 3 heteroatoms. The Labute approximate surface area is 111 Å². The van der Waals surface area contributed by atoms with Crippen molar-refractivity contribution in [2.24, 2.45) is 11.7 Å². The molecule has 3 nitrogen and oxygen atoms in total. The molecule has 2 aliphatic rings. The van der Waals surface area contributed by atoms with E-state index in [-0.39, 0.29) is 0 Å². The monoisotopic (exact) mass is 252 g/mol. The predicted octanol–water partition coefficient (Wildman–Crippen LogP) is 2.69. The average molecular weight is 252 g/mol. The van der Waals surface area contributed by atoms with Gasteiger partial charge in [0.25, 0.3) is 0 Å². The van der Waals surface area contributed by atoms with Crippen molar-refractivity contribution in [1.82, 2.24) is 4.90 Å². The summed E-state index contributed by atoms with van der Waals surface area (Å²) in [6, 6.07) is 0.317. The van der Waals surface area contributed by atoms with Crippen LogP contribution in [0.15, 0.2) is 0 Å². The summed E-state index contributed by atoms with van der Waals surface area (Å²) in [5, 5.41) is 0. The number of likely N-dealkylation sites (tertiary alicyclic amines) is 1. The van der Waals surface area contributed by atoms with E-state index in [1.165, 1.54) is 38.5 Å². The van der Waals surface area contributed by atoms with E-state index >= 15 is 0 Å². The number of carbonyl (C=O) groups excluding carboxylic acids is 1. The molecular weight excluding hydrogens is 224 g/mol. The summed E-state index contributed by atoms with van der Waals surface area (Å²) in [5.74, 6) is 1.17. The van der Waals surface area contributed by atoms with Crippen LogP contribution >= 0.6 is 0 Å². The van der Waals surface area contributed by atoms with Crippen LogP contribution < -0.4 is 5.73 Å². The fourth-order valence-corrected chi connectivity index (χ4v) is 3.52. The van der Waals surface area contributed by atoms with Crippen LogP contribution in [0.5, 0.6) is 0 Å². The molecule has 1 amide bonds. The number of rotatable bonds is 4. The van der Waals surface area contributed by atoms with E-state index in [1.807, 2.05) is 0 Å². The van der Waals surface area contributed by atoms with Crippen molar-refractivity contribution in [2.75, 3.05) is 13.1 Å². The highest BCUT2D eigenvalue weighted by Crippen LogP contribution is 2.28. The smallest absolute Gasteiger partial charge is 0.222 e. The van der Waals surface area contributed by atoms with Gasteiger partial charge in [-0.1, -0.05) is 32.1 Å². The summed E-state index contributed by atoms with van der Waals surface area (Å²) in [5.41, 5.74) is 5.78. The lowest BCUT2D eigenvalue weighted by molar-refractivity contribution is -0.135. The van der Waals surface area contributed by atoms with Gasteiger partial charge >= 0.3 is 0 Å².